The molecule has 0 saturated heterocycles. The SMILES string of the molecule is COc1cc(Cc2nc(C)cc(-c3ccccc3)n2)ccc1-n1cnc(C)c1. The molecule has 0 amide bonds. The third-order valence-electron chi connectivity index (χ3n) is 4.57. The van der Waals surface area contributed by atoms with Crippen LogP contribution in [0.5, 0.6) is 5.75 Å². The van der Waals surface area contributed by atoms with Crippen LogP contribution in [0.1, 0.15) is 22.8 Å². The molecule has 0 saturated carbocycles. The van der Waals surface area contributed by atoms with Crippen molar-refractivity contribution < 1.29 is 4.74 Å². The van der Waals surface area contributed by atoms with Gasteiger partial charge in [-0.1, -0.05) is 36.4 Å². The zero-order valence-corrected chi connectivity index (χ0v) is 16.3. The molecule has 0 radical (unpaired) electrons. The quantitative estimate of drug-likeness (QED) is 0.517. The van der Waals surface area contributed by atoms with Crippen LogP contribution in [-0.2, 0) is 6.42 Å². The summed E-state index contributed by atoms with van der Waals surface area (Å²) in [7, 11) is 1.68. The second kappa shape index (κ2) is 7.64. The minimum atomic E-state index is 0.640. The highest BCUT2D eigenvalue weighted by Gasteiger charge is 2.10. The highest BCUT2D eigenvalue weighted by atomic mass is 16.5. The van der Waals surface area contributed by atoms with Crippen molar-refractivity contribution in [2.24, 2.45) is 0 Å². The van der Waals surface area contributed by atoms with E-state index in [1.54, 1.807) is 13.4 Å². The Hall–Kier alpha value is -3.47. The lowest BCUT2D eigenvalue weighted by atomic mass is 10.1. The predicted molar refractivity (Wildman–Crippen MR) is 110 cm³/mol. The van der Waals surface area contributed by atoms with Crippen LogP contribution in [0.3, 0.4) is 0 Å². The van der Waals surface area contributed by atoms with E-state index in [1.165, 1.54) is 0 Å². The van der Waals surface area contributed by atoms with E-state index in [4.69, 9.17) is 9.72 Å². The van der Waals surface area contributed by atoms with Crippen LogP contribution in [0.4, 0.5) is 0 Å². The lowest BCUT2D eigenvalue weighted by molar-refractivity contribution is 0.412. The van der Waals surface area contributed by atoms with Gasteiger partial charge >= 0.3 is 0 Å². The van der Waals surface area contributed by atoms with Gasteiger partial charge < -0.3 is 9.30 Å². The normalized spacial score (nSPS) is 10.8. The lowest BCUT2D eigenvalue weighted by Crippen LogP contribution is -2.02. The number of ether oxygens (including phenoxy) is 1. The average Bonchev–Trinajstić information content (AvgIpc) is 3.14. The zero-order valence-electron chi connectivity index (χ0n) is 16.3. The van der Waals surface area contributed by atoms with E-state index in [1.807, 2.05) is 61.0 Å². The van der Waals surface area contributed by atoms with Crippen LogP contribution in [0.15, 0.2) is 67.1 Å². The number of aryl methyl sites for hydroxylation is 2. The van der Waals surface area contributed by atoms with Gasteiger partial charge in [0.15, 0.2) is 0 Å². The van der Waals surface area contributed by atoms with Crippen molar-refractivity contribution in [1.29, 1.82) is 0 Å². The Labute approximate surface area is 164 Å². The number of benzene rings is 2. The van der Waals surface area contributed by atoms with Crippen molar-refractivity contribution in [3.8, 4) is 22.7 Å². The fourth-order valence-corrected chi connectivity index (χ4v) is 3.25. The first kappa shape index (κ1) is 17.9. The molecule has 2 heterocycles. The Morgan fingerprint density at radius 3 is 2.46 bits per heavy atom. The Kier molecular flexibility index (Phi) is 4.89. The zero-order chi connectivity index (χ0) is 19.5. The van der Waals surface area contributed by atoms with Crippen LogP contribution < -0.4 is 4.74 Å². The first-order valence-corrected chi connectivity index (χ1v) is 9.20. The van der Waals surface area contributed by atoms with Gasteiger partial charge in [-0.3, -0.25) is 0 Å². The van der Waals surface area contributed by atoms with E-state index < -0.39 is 0 Å². The van der Waals surface area contributed by atoms with Gasteiger partial charge in [0.2, 0.25) is 0 Å². The molecule has 0 atom stereocenters. The lowest BCUT2D eigenvalue weighted by Gasteiger charge is -2.12. The van der Waals surface area contributed by atoms with Crippen LogP contribution in [0.25, 0.3) is 16.9 Å². The van der Waals surface area contributed by atoms with Gasteiger partial charge in [-0.25, -0.2) is 15.0 Å². The standard InChI is InChI=1S/C23H22N4O/c1-16-11-20(19-7-5-4-6-8-19)26-23(25-16)13-18-9-10-21(22(12-18)28-3)27-14-17(2)24-15-27/h4-12,14-15H,13H2,1-3H3. The molecule has 0 aliphatic heterocycles. The Bertz CT molecular complexity index is 1100. The molecule has 0 N–H and O–H groups in total. The molecule has 5 nitrogen and oxygen atoms in total. The average molecular weight is 370 g/mol. The maximum atomic E-state index is 5.61. The van der Waals surface area contributed by atoms with E-state index in [0.29, 0.717) is 6.42 Å². The predicted octanol–water partition coefficient (Wildman–Crippen LogP) is 4.55. The fraction of sp³-hybridized carbons (Fsp3) is 0.174. The molecular weight excluding hydrogens is 348 g/mol. The summed E-state index contributed by atoms with van der Waals surface area (Å²) in [4.78, 5) is 13.7. The van der Waals surface area contributed by atoms with E-state index in [9.17, 15) is 0 Å². The van der Waals surface area contributed by atoms with Gasteiger partial charge in [0.05, 0.1) is 30.5 Å². The Balaban J connectivity index is 1.65. The number of aromatic nitrogens is 4. The van der Waals surface area contributed by atoms with E-state index in [2.05, 4.69) is 28.2 Å². The van der Waals surface area contributed by atoms with Crippen LogP contribution in [0, 0.1) is 13.8 Å². The minimum Gasteiger partial charge on any atom is -0.495 e. The van der Waals surface area contributed by atoms with Crippen LogP contribution >= 0.6 is 0 Å². The number of rotatable bonds is 5. The van der Waals surface area contributed by atoms with E-state index in [-0.39, 0.29) is 0 Å². The molecule has 0 aliphatic rings. The molecule has 0 aliphatic carbocycles. The van der Waals surface area contributed by atoms with Crippen LogP contribution in [-0.4, -0.2) is 26.6 Å². The fourth-order valence-electron chi connectivity index (χ4n) is 3.25. The van der Waals surface area contributed by atoms with Crippen molar-refractivity contribution >= 4 is 0 Å². The first-order chi connectivity index (χ1) is 13.6. The number of methoxy groups -OCH3 is 1. The first-order valence-electron chi connectivity index (χ1n) is 9.20. The largest absolute Gasteiger partial charge is 0.495 e. The number of imidazole rings is 1. The van der Waals surface area contributed by atoms with Gasteiger partial charge in [0, 0.05) is 23.9 Å². The second-order valence-electron chi connectivity index (χ2n) is 6.78. The second-order valence-corrected chi connectivity index (χ2v) is 6.78. The maximum Gasteiger partial charge on any atom is 0.143 e. The third-order valence-corrected chi connectivity index (χ3v) is 4.57. The summed E-state index contributed by atoms with van der Waals surface area (Å²) in [5, 5.41) is 0. The van der Waals surface area contributed by atoms with E-state index >= 15 is 0 Å². The van der Waals surface area contributed by atoms with Gasteiger partial charge in [-0.15, -0.1) is 0 Å². The van der Waals surface area contributed by atoms with Gasteiger partial charge in [-0.2, -0.15) is 0 Å². The summed E-state index contributed by atoms with van der Waals surface area (Å²) in [6.07, 6.45) is 4.41. The monoisotopic (exact) mass is 370 g/mol. The molecule has 2 aromatic carbocycles. The summed E-state index contributed by atoms with van der Waals surface area (Å²) in [5.41, 5.74) is 6.02. The van der Waals surface area contributed by atoms with Gasteiger partial charge in [0.25, 0.3) is 0 Å². The molecule has 2 aromatic heterocycles. The van der Waals surface area contributed by atoms with Crippen molar-refractivity contribution in [3.05, 3.63) is 89.9 Å². The molecule has 0 unspecified atom stereocenters. The third kappa shape index (κ3) is 3.78. The number of hydrogen-bond donors (Lipinski definition) is 0. The smallest absolute Gasteiger partial charge is 0.143 e. The molecule has 4 aromatic rings. The van der Waals surface area contributed by atoms with Gasteiger partial charge in [0.1, 0.15) is 11.6 Å². The van der Waals surface area contributed by atoms with Gasteiger partial charge in [-0.05, 0) is 37.6 Å². The minimum absolute atomic E-state index is 0.640. The molecule has 0 fully saturated rings. The van der Waals surface area contributed by atoms with Crippen LogP contribution in [0.2, 0.25) is 0 Å². The summed E-state index contributed by atoms with van der Waals surface area (Å²) in [6, 6.07) is 18.4. The molecule has 5 heteroatoms. The summed E-state index contributed by atoms with van der Waals surface area (Å²) in [6.45, 7) is 3.97. The molecule has 140 valence electrons. The number of nitrogens with zero attached hydrogens (tertiary/aromatic N) is 4. The highest BCUT2D eigenvalue weighted by molar-refractivity contribution is 5.59. The van der Waals surface area contributed by atoms with Crippen molar-refractivity contribution in [3.63, 3.8) is 0 Å². The Morgan fingerprint density at radius 2 is 1.75 bits per heavy atom. The van der Waals surface area contributed by atoms with Crippen molar-refractivity contribution in [2.75, 3.05) is 7.11 Å². The topological polar surface area (TPSA) is 52.8 Å². The molecule has 0 spiro atoms. The molecule has 0 bridgehead atoms. The number of hydrogen-bond acceptors (Lipinski definition) is 4. The van der Waals surface area contributed by atoms with Crippen molar-refractivity contribution in [1.82, 2.24) is 19.5 Å². The Morgan fingerprint density at radius 1 is 0.929 bits per heavy atom. The molecule has 28 heavy (non-hydrogen) atoms. The summed E-state index contributed by atoms with van der Waals surface area (Å²) in [5.74, 6) is 1.60. The summed E-state index contributed by atoms with van der Waals surface area (Å²) >= 11 is 0. The van der Waals surface area contributed by atoms with E-state index in [0.717, 1.165) is 45.5 Å². The van der Waals surface area contributed by atoms with Crippen molar-refractivity contribution in [2.45, 2.75) is 20.3 Å². The highest BCUT2D eigenvalue weighted by Crippen LogP contribution is 2.26. The summed E-state index contributed by atoms with van der Waals surface area (Å²) < 4.78 is 7.58. The molecular formula is C23H22N4O. The molecule has 4 rings (SSSR count). The maximum absolute atomic E-state index is 5.61.